The minimum Gasteiger partial charge on any atom is -0.493 e. The first-order valence-corrected chi connectivity index (χ1v) is 12.3. The molecule has 3 rings (SSSR count). The number of rotatable bonds is 9. The summed E-state index contributed by atoms with van der Waals surface area (Å²) in [4.78, 5) is 2.74. The van der Waals surface area contributed by atoms with E-state index in [2.05, 4.69) is 40.3 Å². The summed E-state index contributed by atoms with van der Waals surface area (Å²) >= 11 is 1.73. The third-order valence-corrected chi connectivity index (χ3v) is 7.14. The molecular formula is C21H30N2O3S2. The summed E-state index contributed by atoms with van der Waals surface area (Å²) in [5.74, 6) is 1.52. The van der Waals surface area contributed by atoms with Crippen LogP contribution >= 0.6 is 11.3 Å². The van der Waals surface area contributed by atoms with E-state index in [0.29, 0.717) is 35.6 Å². The number of ether oxygens (including phenoxy) is 1. The normalized spacial score (nSPS) is 16.5. The maximum absolute atomic E-state index is 12.6. The lowest BCUT2D eigenvalue weighted by molar-refractivity contribution is 0.179. The van der Waals surface area contributed by atoms with Gasteiger partial charge in [-0.1, -0.05) is 13.8 Å². The molecule has 7 heteroatoms. The first-order chi connectivity index (χ1) is 13.4. The van der Waals surface area contributed by atoms with Crippen molar-refractivity contribution in [2.75, 3.05) is 26.2 Å². The van der Waals surface area contributed by atoms with Gasteiger partial charge in [0.1, 0.15) is 5.75 Å². The molecule has 0 radical (unpaired) electrons. The third-order valence-electron chi connectivity index (χ3n) is 4.97. The monoisotopic (exact) mass is 422 g/mol. The fraction of sp³-hybridized carbons (Fsp3) is 0.524. The van der Waals surface area contributed by atoms with Crippen LogP contribution in [0.4, 0.5) is 0 Å². The van der Waals surface area contributed by atoms with Gasteiger partial charge in [0.15, 0.2) is 0 Å². The van der Waals surface area contributed by atoms with Gasteiger partial charge in [0.2, 0.25) is 10.0 Å². The van der Waals surface area contributed by atoms with Crippen LogP contribution < -0.4 is 9.46 Å². The lowest BCUT2D eigenvalue weighted by atomic mass is 9.97. The van der Waals surface area contributed by atoms with Gasteiger partial charge < -0.3 is 4.74 Å². The molecular weight excluding hydrogens is 392 g/mol. The summed E-state index contributed by atoms with van der Waals surface area (Å²) in [6, 6.07) is 8.84. The molecule has 0 aliphatic carbocycles. The fourth-order valence-corrected chi connectivity index (χ4v) is 5.05. The van der Waals surface area contributed by atoms with Gasteiger partial charge in [0.25, 0.3) is 0 Å². The van der Waals surface area contributed by atoms with Crippen molar-refractivity contribution in [3.05, 3.63) is 46.7 Å². The van der Waals surface area contributed by atoms with E-state index in [1.807, 2.05) is 0 Å². The van der Waals surface area contributed by atoms with E-state index in [1.165, 1.54) is 5.56 Å². The minimum absolute atomic E-state index is 0.291. The average molecular weight is 423 g/mol. The Hall–Kier alpha value is -1.41. The second-order valence-corrected chi connectivity index (χ2v) is 10.4. The SMILES string of the molecule is CC(C)COc1ccc(S(=O)(=O)NCC2CCN(Cc3ccsc3)CC2)cc1. The highest BCUT2D eigenvalue weighted by Crippen LogP contribution is 2.21. The molecule has 0 bridgehead atoms. The molecule has 2 heterocycles. The van der Waals surface area contributed by atoms with E-state index >= 15 is 0 Å². The van der Waals surface area contributed by atoms with Crippen LogP contribution in [0.15, 0.2) is 46.0 Å². The smallest absolute Gasteiger partial charge is 0.240 e. The first-order valence-electron chi connectivity index (χ1n) is 9.88. The summed E-state index contributed by atoms with van der Waals surface area (Å²) in [6.45, 7) is 8.31. The van der Waals surface area contributed by atoms with Gasteiger partial charge in [-0.05, 0) is 84.4 Å². The number of nitrogens with one attached hydrogen (secondary N) is 1. The van der Waals surface area contributed by atoms with Crippen LogP contribution in [-0.2, 0) is 16.6 Å². The molecule has 0 unspecified atom stereocenters. The maximum atomic E-state index is 12.6. The van der Waals surface area contributed by atoms with Crippen molar-refractivity contribution in [1.82, 2.24) is 9.62 Å². The molecule has 0 spiro atoms. The zero-order valence-electron chi connectivity index (χ0n) is 16.6. The standard InChI is InChI=1S/C21H30N2O3S2/c1-17(2)15-26-20-3-5-21(6-4-20)28(24,25)22-13-18-7-10-23(11-8-18)14-19-9-12-27-16-19/h3-6,9,12,16-18,22H,7-8,10-11,13-15H2,1-2H3. The molecule has 0 amide bonds. The van der Waals surface area contributed by atoms with Gasteiger partial charge in [0.05, 0.1) is 11.5 Å². The van der Waals surface area contributed by atoms with E-state index in [1.54, 1.807) is 35.6 Å². The van der Waals surface area contributed by atoms with Crippen LogP contribution in [0.3, 0.4) is 0 Å². The number of piperidine rings is 1. The summed E-state index contributed by atoms with van der Waals surface area (Å²) in [5.41, 5.74) is 1.37. The van der Waals surface area contributed by atoms with E-state index in [9.17, 15) is 8.42 Å². The maximum Gasteiger partial charge on any atom is 0.240 e. The van der Waals surface area contributed by atoms with E-state index in [-0.39, 0.29) is 0 Å². The zero-order valence-corrected chi connectivity index (χ0v) is 18.3. The van der Waals surface area contributed by atoms with Gasteiger partial charge in [-0.3, -0.25) is 4.90 Å². The summed E-state index contributed by atoms with van der Waals surface area (Å²) < 4.78 is 33.5. The quantitative estimate of drug-likeness (QED) is 0.664. The number of nitrogens with zero attached hydrogens (tertiary/aromatic N) is 1. The number of benzene rings is 1. The molecule has 1 aromatic heterocycles. The highest BCUT2D eigenvalue weighted by molar-refractivity contribution is 7.89. The number of likely N-dealkylation sites (tertiary alicyclic amines) is 1. The summed E-state index contributed by atoms with van der Waals surface area (Å²) in [6.07, 6.45) is 2.04. The van der Waals surface area contributed by atoms with Gasteiger partial charge in [-0.25, -0.2) is 13.1 Å². The molecule has 1 fully saturated rings. The van der Waals surface area contributed by atoms with Crippen LogP contribution in [0.2, 0.25) is 0 Å². The lowest BCUT2D eigenvalue weighted by Crippen LogP contribution is -2.38. The molecule has 5 nitrogen and oxygen atoms in total. The van der Waals surface area contributed by atoms with E-state index in [4.69, 9.17) is 4.74 Å². The highest BCUT2D eigenvalue weighted by Gasteiger charge is 2.22. The Morgan fingerprint density at radius 1 is 1.18 bits per heavy atom. The Morgan fingerprint density at radius 2 is 1.89 bits per heavy atom. The van der Waals surface area contributed by atoms with Gasteiger partial charge in [-0.15, -0.1) is 0 Å². The van der Waals surface area contributed by atoms with Crippen LogP contribution in [0.25, 0.3) is 0 Å². The predicted octanol–water partition coefficient (Wildman–Crippen LogP) is 3.97. The number of sulfonamides is 1. The Labute approximate surface area is 172 Å². The Balaban J connectivity index is 1.44. The minimum atomic E-state index is -3.48. The zero-order chi connectivity index (χ0) is 20.0. The van der Waals surface area contributed by atoms with Crippen LogP contribution in [-0.4, -0.2) is 39.6 Å². The summed E-state index contributed by atoms with van der Waals surface area (Å²) in [5, 5.41) is 4.30. The molecule has 1 aliphatic heterocycles. The molecule has 1 aliphatic rings. The molecule has 1 saturated heterocycles. The molecule has 2 aromatic rings. The number of hydrogen-bond donors (Lipinski definition) is 1. The van der Waals surface area contributed by atoms with Crippen molar-refractivity contribution in [3.63, 3.8) is 0 Å². The van der Waals surface area contributed by atoms with Gasteiger partial charge in [-0.2, -0.15) is 11.3 Å². The van der Waals surface area contributed by atoms with Crippen molar-refractivity contribution in [2.45, 2.75) is 38.1 Å². The molecule has 0 atom stereocenters. The first kappa shape index (κ1) is 21.3. The fourth-order valence-electron chi connectivity index (χ4n) is 3.28. The molecule has 154 valence electrons. The topological polar surface area (TPSA) is 58.6 Å². The molecule has 28 heavy (non-hydrogen) atoms. The van der Waals surface area contributed by atoms with Crippen LogP contribution in [0.1, 0.15) is 32.3 Å². The summed E-state index contributed by atoms with van der Waals surface area (Å²) in [7, 11) is -3.48. The van der Waals surface area contributed by atoms with Crippen molar-refractivity contribution >= 4 is 21.4 Å². The van der Waals surface area contributed by atoms with E-state index < -0.39 is 10.0 Å². The molecule has 0 saturated carbocycles. The van der Waals surface area contributed by atoms with Crippen molar-refractivity contribution in [1.29, 1.82) is 0 Å². The molecule has 1 aromatic carbocycles. The second-order valence-electron chi connectivity index (χ2n) is 7.88. The van der Waals surface area contributed by atoms with Crippen molar-refractivity contribution in [2.24, 2.45) is 11.8 Å². The Morgan fingerprint density at radius 3 is 2.50 bits per heavy atom. The van der Waals surface area contributed by atoms with Gasteiger partial charge >= 0.3 is 0 Å². The Bertz CT molecular complexity index is 810. The second kappa shape index (κ2) is 9.87. The Kier molecular flexibility index (Phi) is 7.51. The largest absolute Gasteiger partial charge is 0.493 e. The third kappa shape index (κ3) is 6.30. The lowest BCUT2D eigenvalue weighted by Gasteiger charge is -2.31. The van der Waals surface area contributed by atoms with Crippen LogP contribution in [0, 0.1) is 11.8 Å². The highest BCUT2D eigenvalue weighted by atomic mass is 32.2. The average Bonchev–Trinajstić information content (AvgIpc) is 3.19. The number of hydrogen-bond acceptors (Lipinski definition) is 5. The van der Waals surface area contributed by atoms with Crippen molar-refractivity contribution < 1.29 is 13.2 Å². The van der Waals surface area contributed by atoms with E-state index in [0.717, 1.165) is 32.5 Å². The number of thiophene rings is 1. The van der Waals surface area contributed by atoms with Crippen LogP contribution in [0.5, 0.6) is 5.75 Å². The van der Waals surface area contributed by atoms with Crippen molar-refractivity contribution in [3.8, 4) is 5.75 Å². The predicted molar refractivity (Wildman–Crippen MR) is 114 cm³/mol. The molecule has 1 N–H and O–H groups in total. The van der Waals surface area contributed by atoms with Gasteiger partial charge in [0, 0.05) is 13.1 Å².